The minimum absolute atomic E-state index is 0.293. The zero-order chi connectivity index (χ0) is 25.0. The van der Waals surface area contributed by atoms with E-state index in [4.69, 9.17) is 28.7 Å². The Morgan fingerprint density at radius 1 is 0.667 bits per heavy atom. The molecule has 0 aliphatic rings. The molecule has 0 fully saturated rings. The van der Waals surface area contributed by atoms with Gasteiger partial charge in [-0.2, -0.15) is 0 Å². The molecule has 1 rings (SSSR count). The van der Waals surface area contributed by atoms with Crippen LogP contribution >= 0.6 is 7.82 Å². The largest absolute Gasteiger partial charge is 0.466 e. The maximum absolute atomic E-state index is 12.4. The van der Waals surface area contributed by atoms with Crippen LogP contribution in [-0.2, 0) is 14.0 Å². The highest BCUT2D eigenvalue weighted by Gasteiger charge is 2.18. The molecule has 0 aliphatic carbocycles. The summed E-state index contributed by atoms with van der Waals surface area (Å²) in [6, 6.07) is 6.74. The second-order valence-corrected chi connectivity index (χ2v) is 8.89. The van der Waals surface area contributed by atoms with Crippen molar-refractivity contribution in [2.45, 2.75) is 90.9 Å². The van der Waals surface area contributed by atoms with Crippen LogP contribution in [0.1, 0.15) is 112 Å². The van der Waals surface area contributed by atoms with Gasteiger partial charge in [0.05, 0.1) is 24.3 Å². The highest BCUT2D eigenvalue weighted by atomic mass is 31.2. The third kappa shape index (κ3) is 19.4. The van der Waals surface area contributed by atoms with Crippen LogP contribution < -0.4 is 0 Å². The van der Waals surface area contributed by atoms with Gasteiger partial charge in [-0.3, -0.25) is 0 Å². The number of esters is 2. The molecule has 0 heterocycles. The first-order valence-electron chi connectivity index (χ1n) is 11.9. The first-order chi connectivity index (χ1) is 15.7. The van der Waals surface area contributed by atoms with E-state index < -0.39 is 19.8 Å². The molecule has 0 saturated heterocycles. The van der Waals surface area contributed by atoms with E-state index in [1.165, 1.54) is 51.4 Å². The lowest BCUT2D eigenvalue weighted by Gasteiger charge is -2.10. The number of phosphoric acid groups is 1. The van der Waals surface area contributed by atoms with Crippen LogP contribution in [-0.4, -0.2) is 39.8 Å². The van der Waals surface area contributed by atoms with E-state index in [1.807, 2.05) is 0 Å². The molecule has 33 heavy (non-hydrogen) atoms. The quantitative estimate of drug-likeness (QED) is 0.151. The van der Waals surface area contributed by atoms with Gasteiger partial charge in [0.15, 0.2) is 0 Å². The van der Waals surface area contributed by atoms with Gasteiger partial charge in [-0.15, -0.1) is 0 Å². The Kier molecular flexibility index (Phi) is 18.7. The van der Waals surface area contributed by atoms with E-state index in [9.17, 15) is 9.59 Å². The summed E-state index contributed by atoms with van der Waals surface area (Å²) in [6.07, 6.45) is 13.6. The van der Waals surface area contributed by atoms with Crippen molar-refractivity contribution in [2.24, 2.45) is 0 Å². The minimum atomic E-state index is -4.64. The summed E-state index contributed by atoms with van der Waals surface area (Å²) in [7, 11) is -4.64. The summed E-state index contributed by atoms with van der Waals surface area (Å²) >= 11 is 0. The summed E-state index contributed by atoms with van der Waals surface area (Å²) in [4.78, 5) is 46.3. The number of carbonyl (C=O) groups excluding carboxylic acids is 2. The van der Waals surface area contributed by atoms with Gasteiger partial charge in [-0.25, -0.2) is 14.2 Å². The van der Waals surface area contributed by atoms with Crippen LogP contribution in [0.2, 0.25) is 0 Å². The molecule has 3 N–H and O–H groups in total. The van der Waals surface area contributed by atoms with Crippen molar-refractivity contribution in [3.8, 4) is 0 Å². The average molecular weight is 489 g/mol. The predicted octanol–water partition coefficient (Wildman–Crippen LogP) is 5.79. The Morgan fingerprint density at radius 3 is 1.30 bits per heavy atom. The van der Waals surface area contributed by atoms with Crippen LogP contribution in [0, 0.1) is 0 Å². The lowest BCUT2D eigenvalue weighted by atomic mass is 10.1. The van der Waals surface area contributed by atoms with E-state index in [0.29, 0.717) is 24.3 Å². The topological polar surface area (TPSA) is 130 Å². The highest BCUT2D eigenvalue weighted by molar-refractivity contribution is 7.45. The number of hydrogen-bond donors (Lipinski definition) is 3. The summed E-state index contributed by atoms with van der Waals surface area (Å²) in [5, 5.41) is 0. The van der Waals surface area contributed by atoms with Crippen LogP contribution in [0.3, 0.4) is 0 Å². The Bertz CT molecular complexity index is 644. The van der Waals surface area contributed by atoms with Gasteiger partial charge in [-0.1, -0.05) is 90.2 Å². The van der Waals surface area contributed by atoms with Crippen molar-refractivity contribution in [3.05, 3.63) is 35.4 Å². The third-order valence-corrected chi connectivity index (χ3v) is 4.83. The van der Waals surface area contributed by atoms with Gasteiger partial charge >= 0.3 is 19.8 Å². The molecule has 190 valence electrons. The monoisotopic (exact) mass is 488 g/mol. The first-order valence-corrected chi connectivity index (χ1v) is 13.5. The van der Waals surface area contributed by atoms with Crippen molar-refractivity contribution in [1.29, 1.82) is 0 Å². The van der Waals surface area contributed by atoms with Crippen molar-refractivity contribution in [3.63, 3.8) is 0 Å². The summed E-state index contributed by atoms with van der Waals surface area (Å²) in [6.45, 7) is 5.17. The van der Waals surface area contributed by atoms with E-state index in [0.717, 1.165) is 25.7 Å². The SMILES string of the molecule is CCCCCCCCOC(=O)c1ccccc1C(=O)OCCCCCCCC.O=P(O)(O)O. The summed E-state index contributed by atoms with van der Waals surface area (Å²) < 4.78 is 19.6. The fourth-order valence-corrected chi connectivity index (χ4v) is 3.09. The Morgan fingerprint density at radius 2 is 0.970 bits per heavy atom. The van der Waals surface area contributed by atoms with E-state index in [2.05, 4.69) is 13.8 Å². The van der Waals surface area contributed by atoms with Crippen LogP contribution in [0.4, 0.5) is 0 Å². The molecule has 0 unspecified atom stereocenters. The molecule has 8 nitrogen and oxygen atoms in total. The molecular weight excluding hydrogens is 447 g/mol. The van der Waals surface area contributed by atoms with Crippen molar-refractivity contribution < 1.29 is 38.3 Å². The number of unbranched alkanes of at least 4 members (excludes halogenated alkanes) is 10. The number of carbonyl (C=O) groups is 2. The smallest absolute Gasteiger partial charge is 0.462 e. The molecule has 1 aromatic carbocycles. The zero-order valence-corrected chi connectivity index (χ0v) is 20.9. The summed E-state index contributed by atoms with van der Waals surface area (Å²) in [5.74, 6) is -0.888. The lowest BCUT2D eigenvalue weighted by molar-refractivity contribution is 0.0450. The molecule has 0 atom stereocenters. The molecule has 0 amide bonds. The van der Waals surface area contributed by atoms with E-state index in [1.54, 1.807) is 24.3 Å². The lowest BCUT2D eigenvalue weighted by Crippen LogP contribution is -2.15. The number of benzene rings is 1. The first kappa shape index (κ1) is 31.3. The van der Waals surface area contributed by atoms with E-state index in [-0.39, 0.29) is 0 Å². The molecule has 0 bridgehead atoms. The van der Waals surface area contributed by atoms with Crippen molar-refractivity contribution in [2.75, 3.05) is 13.2 Å². The second kappa shape index (κ2) is 19.7. The maximum Gasteiger partial charge on any atom is 0.466 e. The highest BCUT2D eigenvalue weighted by Crippen LogP contribution is 2.25. The standard InChI is InChI=1S/C24H38O4.H3O4P/c1-3-5-7-9-11-15-19-27-23(25)21-17-13-14-18-22(21)24(26)28-20-16-12-10-8-6-4-2;1-5(2,3)4/h13-14,17-18H,3-12,15-16,19-20H2,1-2H3;(H3,1,2,3,4). The Balaban J connectivity index is 0.00000184. The molecule has 0 radical (unpaired) electrons. The zero-order valence-electron chi connectivity index (χ0n) is 20.0. The normalized spacial score (nSPS) is 10.8. The van der Waals surface area contributed by atoms with Gasteiger partial charge in [-0.05, 0) is 25.0 Å². The fourth-order valence-electron chi connectivity index (χ4n) is 3.09. The maximum atomic E-state index is 12.4. The van der Waals surface area contributed by atoms with Crippen LogP contribution in [0.15, 0.2) is 24.3 Å². The molecule has 0 spiro atoms. The minimum Gasteiger partial charge on any atom is -0.462 e. The van der Waals surface area contributed by atoms with Gasteiger partial charge in [0.1, 0.15) is 0 Å². The molecule has 0 saturated carbocycles. The average Bonchev–Trinajstić information content (AvgIpc) is 2.76. The molecule has 0 aromatic heterocycles. The number of ether oxygens (including phenoxy) is 2. The molecule has 0 aliphatic heterocycles. The summed E-state index contributed by atoms with van der Waals surface area (Å²) in [5.41, 5.74) is 0.586. The molecule has 9 heteroatoms. The van der Waals surface area contributed by atoms with Crippen LogP contribution in [0.5, 0.6) is 0 Å². The van der Waals surface area contributed by atoms with Gasteiger partial charge in [0.2, 0.25) is 0 Å². The van der Waals surface area contributed by atoms with Gasteiger partial charge in [0, 0.05) is 0 Å². The molecular formula is C24H41O8P. The fraction of sp³-hybridized carbons (Fsp3) is 0.667. The third-order valence-electron chi connectivity index (χ3n) is 4.83. The predicted molar refractivity (Wildman–Crippen MR) is 128 cm³/mol. The molecule has 1 aromatic rings. The van der Waals surface area contributed by atoms with Crippen LogP contribution in [0.25, 0.3) is 0 Å². The number of rotatable bonds is 16. The Hall–Kier alpha value is -1.73. The van der Waals surface area contributed by atoms with Gasteiger partial charge in [0.25, 0.3) is 0 Å². The number of hydrogen-bond acceptors (Lipinski definition) is 5. The van der Waals surface area contributed by atoms with Gasteiger partial charge < -0.3 is 24.2 Å². The Labute approximate surface area is 197 Å². The van der Waals surface area contributed by atoms with E-state index >= 15 is 0 Å². The second-order valence-electron chi connectivity index (χ2n) is 7.87. The van der Waals surface area contributed by atoms with Crippen molar-refractivity contribution >= 4 is 19.8 Å². The van der Waals surface area contributed by atoms with Crippen molar-refractivity contribution in [1.82, 2.24) is 0 Å².